The van der Waals surface area contributed by atoms with Crippen LogP contribution in [0.25, 0.3) is 0 Å². The first-order valence-electron chi connectivity index (χ1n) is 11.1. The molecule has 0 N–H and O–H groups in total. The second-order valence-electron chi connectivity index (χ2n) is 8.17. The van der Waals surface area contributed by atoms with E-state index in [9.17, 15) is 14.9 Å². The van der Waals surface area contributed by atoms with Gasteiger partial charge in [-0.25, -0.2) is 13.6 Å². The minimum Gasteiger partial charge on any atom is -0.490 e. The number of ether oxygens (including phenoxy) is 2. The van der Waals surface area contributed by atoms with Gasteiger partial charge in [-0.2, -0.15) is 5.06 Å². The Balaban J connectivity index is 1.40. The van der Waals surface area contributed by atoms with E-state index in [2.05, 4.69) is 0 Å². The van der Waals surface area contributed by atoms with Crippen LogP contribution in [0.15, 0.2) is 28.7 Å². The first-order chi connectivity index (χ1) is 17.2. The molecule has 1 aromatic carbocycles. The lowest BCUT2D eigenvalue weighted by atomic mass is 10.2. The summed E-state index contributed by atoms with van der Waals surface area (Å²) in [7, 11) is 1.46. The van der Waals surface area contributed by atoms with Crippen LogP contribution in [0.5, 0.6) is 0 Å². The third-order valence-electron chi connectivity index (χ3n) is 5.82. The molecule has 0 saturated carbocycles. The zero-order chi connectivity index (χ0) is 25.8. The Labute approximate surface area is 210 Å². The van der Waals surface area contributed by atoms with E-state index in [0.717, 1.165) is 12.1 Å². The number of hydrogen-bond acceptors (Lipinski definition) is 10. The SMILES string of the molecule is COC(=S)CC[C@H]1CN(c2cc(F)c(N3CCON(Cc4ccc([N+](=O)[O-])o4)CC3)c(F)c2)C(=O)O1. The molecule has 1 amide bonds. The Bertz CT molecular complexity index is 1120. The summed E-state index contributed by atoms with van der Waals surface area (Å²) in [5.74, 6) is -1.69. The number of halogens is 2. The van der Waals surface area contributed by atoms with Gasteiger partial charge >= 0.3 is 12.0 Å². The van der Waals surface area contributed by atoms with Gasteiger partial charge in [-0.15, -0.1) is 0 Å². The minimum atomic E-state index is -0.822. The van der Waals surface area contributed by atoms with E-state index in [1.54, 1.807) is 0 Å². The molecule has 0 radical (unpaired) electrons. The van der Waals surface area contributed by atoms with Crippen molar-refractivity contribution in [2.45, 2.75) is 25.5 Å². The van der Waals surface area contributed by atoms with Gasteiger partial charge in [-0.1, -0.05) is 0 Å². The molecule has 2 aliphatic rings. The summed E-state index contributed by atoms with van der Waals surface area (Å²) in [5.41, 5.74) is -0.171. The number of furan rings is 1. The van der Waals surface area contributed by atoms with Gasteiger partial charge in [0.25, 0.3) is 0 Å². The number of carbonyl (C=O) groups excluding carboxylic acids is 1. The molecule has 11 nitrogen and oxygen atoms in total. The monoisotopic (exact) mass is 526 g/mol. The highest BCUT2D eigenvalue weighted by Gasteiger charge is 2.34. The molecule has 0 spiro atoms. The third kappa shape index (κ3) is 5.88. The Hall–Kier alpha value is -3.36. The number of nitrogens with zero attached hydrogens (tertiary/aromatic N) is 4. The molecule has 3 heterocycles. The maximum atomic E-state index is 15.1. The standard InChI is InChI=1S/C22H24F2N4O7S/c1-32-20(36)5-3-16-13-27(22(29)35-16)14-10-17(23)21(18(24)11-14)25-6-7-26(33-9-8-25)12-15-2-4-19(34-15)28(30)31/h2,4,10-11,16H,3,5-9,12-13H2,1H3/t16-/m0/s1. The summed E-state index contributed by atoms with van der Waals surface area (Å²) in [6, 6.07) is 4.93. The molecule has 2 aromatic rings. The molecular formula is C22H24F2N4O7S. The van der Waals surface area contributed by atoms with Gasteiger partial charge in [0.15, 0.2) is 16.7 Å². The maximum Gasteiger partial charge on any atom is 0.433 e. The number of carbonyl (C=O) groups is 1. The number of anilines is 2. The smallest absolute Gasteiger partial charge is 0.433 e. The van der Waals surface area contributed by atoms with Crippen molar-refractivity contribution in [1.29, 1.82) is 0 Å². The van der Waals surface area contributed by atoms with Gasteiger partial charge in [0.1, 0.15) is 22.5 Å². The van der Waals surface area contributed by atoms with Crippen LogP contribution in [-0.2, 0) is 20.9 Å². The Morgan fingerprint density at radius 3 is 2.67 bits per heavy atom. The van der Waals surface area contributed by atoms with Crippen molar-refractivity contribution < 1.29 is 37.2 Å². The topological polar surface area (TPSA) is 111 Å². The van der Waals surface area contributed by atoms with Crippen LogP contribution in [0.3, 0.4) is 0 Å². The summed E-state index contributed by atoms with van der Waals surface area (Å²) in [4.78, 5) is 30.8. The fourth-order valence-electron chi connectivity index (χ4n) is 4.03. The lowest BCUT2D eigenvalue weighted by Crippen LogP contribution is -2.31. The molecule has 36 heavy (non-hydrogen) atoms. The van der Waals surface area contributed by atoms with E-state index in [0.29, 0.717) is 23.7 Å². The van der Waals surface area contributed by atoms with Crippen molar-refractivity contribution in [2.75, 3.05) is 49.7 Å². The third-order valence-corrected chi connectivity index (χ3v) is 6.19. The number of amides is 1. The number of rotatable bonds is 8. The quantitative estimate of drug-likeness (QED) is 0.286. The predicted molar refractivity (Wildman–Crippen MR) is 127 cm³/mol. The molecule has 1 atom stereocenters. The minimum absolute atomic E-state index is 0.0580. The summed E-state index contributed by atoms with van der Waals surface area (Å²) in [5, 5.41) is 12.7. The highest BCUT2D eigenvalue weighted by Crippen LogP contribution is 2.32. The largest absolute Gasteiger partial charge is 0.490 e. The molecule has 0 unspecified atom stereocenters. The van der Waals surface area contributed by atoms with E-state index >= 15 is 8.78 Å². The summed E-state index contributed by atoms with van der Waals surface area (Å²) >= 11 is 4.99. The van der Waals surface area contributed by atoms with E-state index in [-0.39, 0.29) is 56.6 Å². The van der Waals surface area contributed by atoms with E-state index < -0.39 is 28.8 Å². The molecule has 1 aromatic heterocycles. The average Bonchev–Trinajstić information content (AvgIpc) is 3.39. The van der Waals surface area contributed by atoms with Gasteiger partial charge in [0, 0.05) is 38.2 Å². The Morgan fingerprint density at radius 1 is 1.25 bits per heavy atom. The second-order valence-corrected chi connectivity index (χ2v) is 8.63. The number of hydroxylamine groups is 2. The number of methoxy groups -OCH3 is 1. The van der Waals surface area contributed by atoms with E-state index in [4.69, 9.17) is 30.9 Å². The number of thiocarbonyl (C=S) groups is 1. The molecule has 2 fully saturated rings. The Kier molecular flexibility index (Phi) is 7.96. The van der Waals surface area contributed by atoms with Crippen LogP contribution < -0.4 is 9.80 Å². The first kappa shape index (κ1) is 25.7. The van der Waals surface area contributed by atoms with Gasteiger partial charge in [-0.05, 0) is 24.7 Å². The van der Waals surface area contributed by atoms with Crippen LogP contribution >= 0.6 is 12.2 Å². The fraction of sp³-hybridized carbons (Fsp3) is 0.455. The predicted octanol–water partition coefficient (Wildman–Crippen LogP) is 3.80. The summed E-state index contributed by atoms with van der Waals surface area (Å²) in [6.07, 6.45) is -0.301. The van der Waals surface area contributed by atoms with E-state index in [1.807, 2.05) is 0 Å². The van der Waals surface area contributed by atoms with Crippen LogP contribution in [-0.4, -0.2) is 67.1 Å². The average molecular weight is 527 g/mol. The van der Waals surface area contributed by atoms with Gasteiger partial charge in [-0.3, -0.25) is 19.9 Å². The van der Waals surface area contributed by atoms with Crippen LogP contribution in [0.1, 0.15) is 18.6 Å². The van der Waals surface area contributed by atoms with Crippen molar-refractivity contribution >= 4 is 40.6 Å². The fourth-order valence-corrected chi connectivity index (χ4v) is 4.15. The highest BCUT2D eigenvalue weighted by atomic mass is 32.1. The summed E-state index contributed by atoms with van der Waals surface area (Å²) < 4.78 is 45.6. The van der Waals surface area contributed by atoms with E-state index in [1.165, 1.54) is 34.1 Å². The zero-order valence-corrected chi connectivity index (χ0v) is 20.2. The normalized spacial score (nSPS) is 18.8. The molecule has 194 valence electrons. The van der Waals surface area contributed by atoms with Crippen molar-refractivity contribution in [3.8, 4) is 0 Å². The number of nitro groups is 1. The molecular weight excluding hydrogens is 502 g/mol. The van der Waals surface area contributed by atoms with Crippen molar-refractivity contribution in [3.63, 3.8) is 0 Å². The number of benzene rings is 1. The van der Waals surface area contributed by atoms with Gasteiger partial charge in [0.2, 0.25) is 0 Å². The highest BCUT2D eigenvalue weighted by molar-refractivity contribution is 7.80. The molecule has 4 rings (SSSR count). The molecule has 0 bridgehead atoms. The molecule has 0 aliphatic carbocycles. The molecule has 14 heteroatoms. The van der Waals surface area contributed by atoms with Crippen molar-refractivity contribution in [2.24, 2.45) is 0 Å². The summed E-state index contributed by atoms with van der Waals surface area (Å²) in [6.45, 7) is 1.10. The number of hydrogen-bond donors (Lipinski definition) is 0. The Morgan fingerprint density at radius 2 is 2.00 bits per heavy atom. The maximum absolute atomic E-state index is 15.1. The molecule has 2 aliphatic heterocycles. The lowest BCUT2D eigenvalue weighted by molar-refractivity contribution is -0.402. The second kappa shape index (κ2) is 11.1. The van der Waals surface area contributed by atoms with Gasteiger partial charge in [0.05, 0.1) is 38.6 Å². The number of cyclic esters (lactones) is 1. The molecule has 2 saturated heterocycles. The zero-order valence-electron chi connectivity index (χ0n) is 19.4. The first-order valence-corrected chi connectivity index (χ1v) is 11.6. The lowest BCUT2D eigenvalue weighted by Gasteiger charge is -2.24. The van der Waals surface area contributed by atoms with Crippen LogP contribution in [0.4, 0.5) is 30.8 Å². The van der Waals surface area contributed by atoms with Crippen LogP contribution in [0, 0.1) is 21.7 Å². The van der Waals surface area contributed by atoms with Crippen molar-refractivity contribution in [1.82, 2.24) is 5.06 Å². The van der Waals surface area contributed by atoms with Crippen LogP contribution in [0.2, 0.25) is 0 Å². The van der Waals surface area contributed by atoms with Gasteiger partial charge < -0.3 is 18.8 Å². The van der Waals surface area contributed by atoms with Crippen molar-refractivity contribution in [3.05, 3.63) is 51.8 Å².